The summed E-state index contributed by atoms with van der Waals surface area (Å²) in [7, 11) is 1.14. The first-order chi connectivity index (χ1) is 17.2. The van der Waals surface area contributed by atoms with Crippen molar-refractivity contribution in [2.24, 2.45) is 0 Å². The first-order valence-corrected chi connectivity index (χ1v) is 21.1. The number of aliphatic hydroxyl groups is 1. The number of hydrogen-bond acceptors (Lipinski definition) is 3. The van der Waals surface area contributed by atoms with Gasteiger partial charge in [-0.25, -0.2) is 0 Å². The Balaban J connectivity index is 0.00000118. The van der Waals surface area contributed by atoms with Crippen LogP contribution >= 0.6 is 0 Å². The Morgan fingerprint density at radius 1 is 0.833 bits per heavy atom. The molecule has 0 heterocycles. The molecule has 0 aliphatic heterocycles. The van der Waals surface area contributed by atoms with Gasteiger partial charge in [0.25, 0.3) is 0 Å². The van der Waals surface area contributed by atoms with E-state index >= 15 is 0 Å². The van der Waals surface area contributed by atoms with Crippen LogP contribution in [-0.4, -0.2) is 47.5 Å². The number of rotatable bonds is 12. The fourth-order valence-corrected chi connectivity index (χ4v) is 22.0. The molecule has 0 aromatic heterocycles. The van der Waals surface area contributed by atoms with Crippen molar-refractivity contribution in [2.45, 2.75) is 92.4 Å². The van der Waals surface area contributed by atoms with Crippen LogP contribution in [0.25, 0.3) is 0 Å². The molecule has 0 unspecified atom stereocenters. The Kier molecular flexibility index (Phi) is 16.1. The van der Waals surface area contributed by atoms with Gasteiger partial charge in [0.05, 0.1) is 0 Å². The summed E-state index contributed by atoms with van der Waals surface area (Å²) in [6, 6.07) is 14.3. The van der Waals surface area contributed by atoms with Crippen molar-refractivity contribution in [1.29, 1.82) is 0 Å². The van der Waals surface area contributed by atoms with E-state index in [1.54, 1.807) is 21.3 Å². The van der Waals surface area contributed by atoms with E-state index in [-0.39, 0.29) is 10.9 Å². The maximum Gasteiger partial charge on any atom is 0.123 e. The fourth-order valence-electron chi connectivity index (χ4n) is 4.61. The molecule has 5 heteroatoms. The van der Waals surface area contributed by atoms with E-state index in [4.69, 9.17) is 5.11 Å². The van der Waals surface area contributed by atoms with Crippen molar-refractivity contribution in [1.82, 2.24) is 5.12 Å². The van der Waals surface area contributed by atoms with Gasteiger partial charge in [-0.05, 0) is 0 Å². The number of phenols is 1. The van der Waals surface area contributed by atoms with Gasteiger partial charge in [-0.2, -0.15) is 0 Å². The van der Waals surface area contributed by atoms with Gasteiger partial charge in [0.15, 0.2) is 0 Å². The molecule has 0 saturated heterocycles. The van der Waals surface area contributed by atoms with Crippen LogP contribution in [0.5, 0.6) is 5.75 Å². The number of aromatic hydroxyl groups is 1. The zero-order valence-corrected chi connectivity index (χ0v) is 26.3. The molecule has 0 amide bonds. The third kappa shape index (κ3) is 11.2. The van der Waals surface area contributed by atoms with Gasteiger partial charge in [-0.1, -0.05) is 0 Å². The summed E-state index contributed by atoms with van der Waals surface area (Å²) in [4.78, 5) is 0. The Morgan fingerprint density at radius 2 is 1.28 bits per heavy atom. The average Bonchev–Trinajstić information content (AvgIpc) is 2.88. The summed E-state index contributed by atoms with van der Waals surface area (Å²) in [5, 5.41) is 17.4. The largest absolute Gasteiger partial charge is 0.379 e. The van der Waals surface area contributed by atoms with Crippen LogP contribution in [0.3, 0.4) is 0 Å². The van der Waals surface area contributed by atoms with Crippen LogP contribution in [-0.2, 0) is 0 Å². The minimum absolute atomic E-state index is 0.181. The van der Waals surface area contributed by atoms with E-state index in [9.17, 15) is 9.59 Å². The predicted octanol–water partition coefficient (Wildman–Crippen LogP) is 7.72. The maximum absolute atomic E-state index is 11.0. The second-order valence-corrected chi connectivity index (χ2v) is 23.2. The summed E-state index contributed by atoms with van der Waals surface area (Å²) in [5.41, 5.74) is 3.69. The summed E-state index contributed by atoms with van der Waals surface area (Å²) < 4.78 is 17.2. The smallest absolute Gasteiger partial charge is 0.123 e. The molecule has 0 radical (unpaired) electrons. The molecule has 0 atom stereocenters. The molecule has 2 N–H and O–H groups in total. The second-order valence-electron chi connectivity index (χ2n) is 10.1. The zero-order valence-electron chi connectivity index (χ0n) is 23.4. The van der Waals surface area contributed by atoms with Crippen LogP contribution in [0.1, 0.15) is 95.8 Å². The number of benzene rings is 2. The van der Waals surface area contributed by atoms with Crippen molar-refractivity contribution in [3.63, 3.8) is 0 Å². The molecule has 2 aromatic rings. The monoisotopic (exact) mass is 605 g/mol. The first kappa shape index (κ1) is 32.5. The topological polar surface area (TPSA) is 43.7 Å². The second kappa shape index (κ2) is 17.8. The number of phenolic OH excluding ortho intramolecular Hbond substituents is 1. The molecule has 0 fully saturated rings. The van der Waals surface area contributed by atoms with Crippen molar-refractivity contribution >= 4 is 22.0 Å². The summed E-state index contributed by atoms with van der Waals surface area (Å²) in [5.74, 6) is 7.59. The van der Waals surface area contributed by atoms with Crippen LogP contribution < -0.4 is 3.58 Å². The Hall–Kier alpha value is -1.55. The molecule has 0 spiro atoms. The summed E-state index contributed by atoms with van der Waals surface area (Å²) in [6.07, 6.45) is 8.04. The van der Waals surface area contributed by atoms with Crippen molar-refractivity contribution in [3.05, 3.63) is 59.2 Å². The van der Waals surface area contributed by atoms with Crippen molar-refractivity contribution < 1.29 is 14.7 Å². The number of aliphatic hydroxyl groups excluding tert-OH is 1. The Bertz CT molecular complexity index is 910. The molecule has 2 rings (SSSR count). The first-order valence-electron chi connectivity index (χ1n) is 13.7. The van der Waals surface area contributed by atoms with Gasteiger partial charge >= 0.3 is 196 Å². The van der Waals surface area contributed by atoms with Gasteiger partial charge in [0.1, 0.15) is 6.73 Å². The normalized spacial score (nSPS) is 11.2. The van der Waals surface area contributed by atoms with E-state index in [2.05, 4.69) is 64.7 Å². The average molecular weight is 604 g/mol. The molecule has 0 aliphatic carbocycles. The summed E-state index contributed by atoms with van der Waals surface area (Å²) in [6.45, 7) is 11.2. The summed E-state index contributed by atoms with van der Waals surface area (Å²) >= 11 is -2.54. The molecular weight excluding hydrogens is 556 g/mol. The Morgan fingerprint density at radius 3 is 1.69 bits per heavy atom. The van der Waals surface area contributed by atoms with Crippen LogP contribution in [0.15, 0.2) is 42.5 Å². The fraction of sp³-hybridized carbons (Fsp3) is 0.548. The van der Waals surface area contributed by atoms with Crippen molar-refractivity contribution in [3.8, 4) is 17.6 Å². The van der Waals surface area contributed by atoms with Gasteiger partial charge in [-0.15, -0.1) is 9.60 Å². The van der Waals surface area contributed by atoms with E-state index < -0.39 is 25.1 Å². The molecule has 3 nitrogen and oxygen atoms in total. The van der Waals surface area contributed by atoms with Crippen LogP contribution in [0.4, 0.5) is 4.48 Å². The van der Waals surface area contributed by atoms with Crippen LogP contribution in [0, 0.1) is 11.8 Å². The minimum atomic E-state index is -2.54. The Labute approximate surface area is 223 Å². The predicted molar refractivity (Wildman–Crippen MR) is 155 cm³/mol. The molecule has 36 heavy (non-hydrogen) atoms. The van der Waals surface area contributed by atoms with Crippen LogP contribution in [0.2, 0.25) is 13.3 Å². The van der Waals surface area contributed by atoms with E-state index in [1.807, 2.05) is 12.1 Å². The van der Waals surface area contributed by atoms with Gasteiger partial charge in [0, 0.05) is 7.05 Å². The van der Waals surface area contributed by atoms with Gasteiger partial charge in [-0.3, -0.25) is 0 Å². The van der Waals surface area contributed by atoms with E-state index in [1.165, 1.54) is 51.8 Å². The number of hydrogen-bond donors (Lipinski definition) is 2. The molecule has 200 valence electrons. The minimum Gasteiger partial charge on any atom is -0.379 e. The maximum atomic E-state index is 11.0. The molecule has 0 bridgehead atoms. The third-order valence-electron chi connectivity index (χ3n) is 6.69. The van der Waals surface area contributed by atoms with Crippen molar-refractivity contribution in [2.75, 3.05) is 13.8 Å². The number of nitrogens with zero attached hydrogens (tertiary/aromatic N) is 1. The quantitative estimate of drug-likeness (QED) is 0.113. The van der Waals surface area contributed by atoms with E-state index in [0.717, 1.165) is 18.2 Å². The molecule has 2 aromatic carbocycles. The zero-order chi connectivity index (χ0) is 27.0. The third-order valence-corrected chi connectivity index (χ3v) is 22.4. The molecular formula is C31H48FNO2Sn. The van der Waals surface area contributed by atoms with Gasteiger partial charge < -0.3 is 5.11 Å². The SMILES string of the molecule is CCC[CH2][Sn]([CH2]CCC)([CH2]CCC)[c]1cc(C#Cc2ccc(O)cc2)ccc1C(C)C.CN(F)CO. The number of unbranched alkanes of at least 4 members (excludes halogenated alkanes) is 3. The van der Waals surface area contributed by atoms with E-state index in [0.29, 0.717) is 5.92 Å². The number of halogens is 1. The van der Waals surface area contributed by atoms with Gasteiger partial charge in [0.2, 0.25) is 0 Å². The molecule has 0 aliphatic rings. The molecule has 0 saturated carbocycles. The standard InChI is InChI=1S/C17H15O.3C4H9.C2H6FNO.Sn/c1-13(2)16-9-5-14(6-10-16)3-4-15-7-11-17(18)12-8-15;3*1-3-4-2;1-4(3)2-5;/h5-9,11-13,18H,1-2H3;3*1,3-4H2,2H3;5H,2H2,1H3;.